The van der Waals surface area contributed by atoms with E-state index in [2.05, 4.69) is 5.32 Å². The first-order valence-corrected chi connectivity index (χ1v) is 10.2. The van der Waals surface area contributed by atoms with Crippen molar-refractivity contribution in [2.45, 2.75) is 84.9 Å². The van der Waals surface area contributed by atoms with Crippen LogP contribution in [-0.4, -0.2) is 41.2 Å². The lowest BCUT2D eigenvalue weighted by Gasteiger charge is -2.20. The lowest BCUT2D eigenvalue weighted by Crippen LogP contribution is -2.42. The number of hydrogen-bond acceptors (Lipinski definition) is 5. The third-order valence-electron chi connectivity index (χ3n) is 5.24. The topological polar surface area (TPSA) is 86.6 Å². The normalized spacial score (nSPS) is 16.1. The molecule has 0 bridgehead atoms. The summed E-state index contributed by atoms with van der Waals surface area (Å²) in [7, 11) is 0. The summed E-state index contributed by atoms with van der Waals surface area (Å²) in [5.74, 6) is -1.18. The zero-order valence-corrected chi connectivity index (χ0v) is 17.4. The van der Waals surface area contributed by atoms with E-state index < -0.39 is 18.0 Å². The Balaban J connectivity index is 1.92. The highest BCUT2D eigenvalue weighted by Crippen LogP contribution is 2.18. The number of carbonyl (C=O) groups excluding carboxylic acids is 3. The van der Waals surface area contributed by atoms with Crippen molar-refractivity contribution in [3.05, 3.63) is 23.0 Å². The molecule has 1 aliphatic rings. The fourth-order valence-corrected chi connectivity index (χ4v) is 3.62. The highest BCUT2D eigenvalue weighted by Gasteiger charge is 2.23. The first-order chi connectivity index (χ1) is 13.3. The average Bonchev–Trinajstić information content (AvgIpc) is 2.82. The van der Waals surface area contributed by atoms with E-state index in [4.69, 9.17) is 9.47 Å². The molecule has 0 unspecified atom stereocenters. The number of aryl methyl sites for hydroxylation is 1. The van der Waals surface area contributed by atoms with E-state index in [0.29, 0.717) is 11.3 Å². The molecular formula is C21H32N2O5. The van der Waals surface area contributed by atoms with Crippen LogP contribution in [0.1, 0.15) is 74.1 Å². The van der Waals surface area contributed by atoms with Gasteiger partial charge in [-0.3, -0.25) is 9.59 Å². The predicted octanol–water partition coefficient (Wildman–Crippen LogP) is 3.05. The molecule has 156 valence electrons. The van der Waals surface area contributed by atoms with Crippen molar-refractivity contribution in [3.63, 3.8) is 0 Å². The van der Waals surface area contributed by atoms with Gasteiger partial charge in [-0.1, -0.05) is 25.7 Å². The molecule has 0 radical (unpaired) electrons. The average molecular weight is 392 g/mol. The largest absolute Gasteiger partial charge is 0.462 e. The van der Waals surface area contributed by atoms with Crippen LogP contribution in [0, 0.1) is 13.8 Å². The lowest BCUT2D eigenvalue weighted by molar-refractivity contribution is -0.155. The SMILES string of the molecule is CCOC(=O)c1cc(C)n(CC(=O)O[C@@H](C)C(=O)NC2CCCCCC2)c1C. The number of rotatable bonds is 7. The van der Waals surface area contributed by atoms with Crippen LogP contribution < -0.4 is 5.32 Å². The molecule has 0 aliphatic heterocycles. The molecule has 1 aromatic rings. The van der Waals surface area contributed by atoms with Crippen molar-refractivity contribution >= 4 is 17.8 Å². The molecule has 1 atom stereocenters. The van der Waals surface area contributed by atoms with Gasteiger partial charge in [-0.15, -0.1) is 0 Å². The molecule has 1 heterocycles. The fourth-order valence-electron chi connectivity index (χ4n) is 3.62. The molecule has 1 N–H and O–H groups in total. The molecule has 7 heteroatoms. The van der Waals surface area contributed by atoms with E-state index in [1.54, 1.807) is 31.4 Å². The number of amides is 1. The minimum atomic E-state index is -0.851. The zero-order valence-electron chi connectivity index (χ0n) is 17.4. The number of aromatic nitrogens is 1. The summed E-state index contributed by atoms with van der Waals surface area (Å²) < 4.78 is 12.1. The maximum atomic E-state index is 12.4. The Bertz CT molecular complexity index is 702. The number of hydrogen-bond donors (Lipinski definition) is 1. The summed E-state index contributed by atoms with van der Waals surface area (Å²) >= 11 is 0. The van der Waals surface area contributed by atoms with E-state index in [1.807, 2.05) is 6.92 Å². The van der Waals surface area contributed by atoms with Crippen molar-refractivity contribution in [2.24, 2.45) is 0 Å². The van der Waals surface area contributed by atoms with E-state index in [9.17, 15) is 14.4 Å². The van der Waals surface area contributed by atoms with E-state index >= 15 is 0 Å². The minimum absolute atomic E-state index is 0.0574. The van der Waals surface area contributed by atoms with Gasteiger partial charge in [-0.05, 0) is 46.6 Å². The van der Waals surface area contributed by atoms with Crippen LogP contribution in [0.2, 0.25) is 0 Å². The van der Waals surface area contributed by atoms with Crippen LogP contribution in [0.4, 0.5) is 0 Å². The van der Waals surface area contributed by atoms with Gasteiger partial charge in [-0.25, -0.2) is 4.79 Å². The Morgan fingerprint density at radius 3 is 2.43 bits per heavy atom. The molecule has 1 fully saturated rings. The van der Waals surface area contributed by atoms with Crippen molar-refractivity contribution in [3.8, 4) is 0 Å². The number of esters is 2. The highest BCUT2D eigenvalue weighted by molar-refractivity contribution is 5.91. The third-order valence-corrected chi connectivity index (χ3v) is 5.24. The van der Waals surface area contributed by atoms with E-state index in [-0.39, 0.29) is 25.1 Å². The Kier molecular flexibility index (Phi) is 8.08. The summed E-state index contributed by atoms with van der Waals surface area (Å²) in [5.41, 5.74) is 1.84. The van der Waals surface area contributed by atoms with Gasteiger partial charge in [-0.2, -0.15) is 0 Å². The third kappa shape index (κ3) is 5.84. The zero-order chi connectivity index (χ0) is 20.7. The van der Waals surface area contributed by atoms with Gasteiger partial charge >= 0.3 is 11.9 Å². The van der Waals surface area contributed by atoms with Crippen LogP contribution in [-0.2, 0) is 25.6 Å². The van der Waals surface area contributed by atoms with Crippen LogP contribution in [0.15, 0.2) is 6.07 Å². The first-order valence-electron chi connectivity index (χ1n) is 10.2. The van der Waals surface area contributed by atoms with Crippen molar-refractivity contribution in [1.82, 2.24) is 9.88 Å². The maximum absolute atomic E-state index is 12.4. The predicted molar refractivity (Wildman–Crippen MR) is 105 cm³/mol. The molecule has 28 heavy (non-hydrogen) atoms. The minimum Gasteiger partial charge on any atom is -0.462 e. The van der Waals surface area contributed by atoms with Gasteiger partial charge < -0.3 is 19.4 Å². The van der Waals surface area contributed by atoms with Gasteiger partial charge in [0.15, 0.2) is 6.10 Å². The number of ether oxygens (including phenoxy) is 2. The maximum Gasteiger partial charge on any atom is 0.339 e. The quantitative estimate of drug-likeness (QED) is 0.569. The second-order valence-electron chi connectivity index (χ2n) is 7.42. The molecule has 1 aliphatic carbocycles. The Hall–Kier alpha value is -2.31. The van der Waals surface area contributed by atoms with E-state index in [1.165, 1.54) is 12.8 Å². The van der Waals surface area contributed by atoms with Crippen molar-refractivity contribution < 1.29 is 23.9 Å². The second-order valence-corrected chi connectivity index (χ2v) is 7.42. The molecule has 1 aromatic heterocycles. The number of carbonyl (C=O) groups is 3. The van der Waals surface area contributed by atoms with Gasteiger partial charge in [0.2, 0.25) is 0 Å². The highest BCUT2D eigenvalue weighted by atomic mass is 16.5. The van der Waals surface area contributed by atoms with E-state index in [0.717, 1.165) is 31.4 Å². The summed E-state index contributed by atoms with van der Waals surface area (Å²) in [5, 5.41) is 3.00. The summed E-state index contributed by atoms with van der Waals surface area (Å²) in [4.78, 5) is 36.7. The van der Waals surface area contributed by atoms with Gasteiger partial charge in [0, 0.05) is 17.4 Å². The molecule has 0 saturated heterocycles. The standard InChI is InChI=1S/C21H32N2O5/c1-5-27-21(26)18-12-14(2)23(15(18)3)13-19(24)28-16(4)20(25)22-17-10-8-6-7-9-11-17/h12,16-17H,5-11,13H2,1-4H3,(H,22,25)/t16-/m0/s1. The monoisotopic (exact) mass is 392 g/mol. The Labute approximate surface area is 166 Å². The van der Waals surface area contributed by atoms with Gasteiger partial charge in [0.1, 0.15) is 6.54 Å². The van der Waals surface area contributed by atoms with Crippen molar-refractivity contribution in [2.75, 3.05) is 6.61 Å². The van der Waals surface area contributed by atoms with Crippen LogP contribution in [0.5, 0.6) is 0 Å². The lowest BCUT2D eigenvalue weighted by atomic mass is 10.1. The van der Waals surface area contributed by atoms with Crippen molar-refractivity contribution in [1.29, 1.82) is 0 Å². The molecule has 2 rings (SSSR count). The Morgan fingerprint density at radius 1 is 1.18 bits per heavy atom. The summed E-state index contributed by atoms with van der Waals surface area (Å²) in [6.07, 6.45) is 5.76. The number of nitrogens with one attached hydrogen (secondary N) is 1. The summed E-state index contributed by atoms with van der Waals surface area (Å²) in [6.45, 7) is 7.13. The second kappa shape index (κ2) is 10.3. The molecule has 1 saturated carbocycles. The Morgan fingerprint density at radius 2 is 1.82 bits per heavy atom. The van der Waals surface area contributed by atoms with Gasteiger partial charge in [0.05, 0.1) is 12.2 Å². The smallest absolute Gasteiger partial charge is 0.339 e. The molecule has 0 aromatic carbocycles. The van der Waals surface area contributed by atoms with Gasteiger partial charge in [0.25, 0.3) is 5.91 Å². The van der Waals surface area contributed by atoms with Crippen LogP contribution in [0.25, 0.3) is 0 Å². The number of nitrogens with zero attached hydrogens (tertiary/aromatic N) is 1. The molecule has 1 amide bonds. The summed E-state index contributed by atoms with van der Waals surface area (Å²) in [6, 6.07) is 1.86. The first kappa shape index (κ1) is 22.0. The molecule has 7 nitrogen and oxygen atoms in total. The molecule has 0 spiro atoms. The van der Waals surface area contributed by atoms with Crippen LogP contribution >= 0.6 is 0 Å². The van der Waals surface area contributed by atoms with Crippen LogP contribution in [0.3, 0.4) is 0 Å². The fraction of sp³-hybridized carbons (Fsp3) is 0.667. The molecular weight excluding hydrogens is 360 g/mol.